The molecule has 3 aromatic rings. The van der Waals surface area contributed by atoms with E-state index >= 15 is 0 Å². The van der Waals surface area contributed by atoms with Crippen LogP contribution in [0.15, 0.2) is 59.6 Å². The van der Waals surface area contributed by atoms with Crippen molar-refractivity contribution in [3.05, 3.63) is 70.8 Å². The monoisotopic (exact) mass is 535 g/mol. The summed E-state index contributed by atoms with van der Waals surface area (Å²) in [7, 11) is 0. The zero-order chi connectivity index (χ0) is 26.4. The molecule has 0 N–H and O–H groups in total. The number of carbonyl (C=O) groups is 1. The zero-order valence-electron chi connectivity index (χ0n) is 21.8. The number of hydrogen-bond donors (Lipinski definition) is 0. The number of benzene rings is 2. The van der Waals surface area contributed by atoms with Gasteiger partial charge in [0.25, 0.3) is 5.91 Å². The lowest BCUT2D eigenvalue weighted by atomic mass is 10.0. The standard InChI is InChI=1S/C29H33N3O3S2/c1-5-34-16-10-15-31-28(33)26(37-29(31)36)17-22-18-32(23-11-7-6-8-12-23)30-27(22)24-13-9-14-25(21(24)4)35-19-20(2)3/h6-9,11-14,17-18,20H,5,10,15-16,19H2,1-4H3/b26-17-. The van der Waals surface area contributed by atoms with Crippen LogP contribution in [0.2, 0.25) is 0 Å². The van der Waals surface area contributed by atoms with Crippen LogP contribution in [0.4, 0.5) is 0 Å². The van der Waals surface area contributed by atoms with Gasteiger partial charge in [0.2, 0.25) is 0 Å². The maximum Gasteiger partial charge on any atom is 0.266 e. The van der Waals surface area contributed by atoms with Gasteiger partial charge in [-0.3, -0.25) is 9.69 Å². The molecule has 8 heteroatoms. The van der Waals surface area contributed by atoms with Crippen molar-refractivity contribution in [1.29, 1.82) is 0 Å². The number of ether oxygens (including phenoxy) is 2. The summed E-state index contributed by atoms with van der Waals surface area (Å²) in [6.45, 7) is 10.7. The number of amides is 1. The second kappa shape index (κ2) is 12.5. The van der Waals surface area contributed by atoms with Crippen molar-refractivity contribution in [3.63, 3.8) is 0 Å². The van der Waals surface area contributed by atoms with Gasteiger partial charge < -0.3 is 9.47 Å². The van der Waals surface area contributed by atoms with Gasteiger partial charge in [-0.05, 0) is 50.5 Å². The Kier molecular flexibility index (Phi) is 9.18. The van der Waals surface area contributed by atoms with E-state index < -0.39 is 0 Å². The molecule has 0 unspecified atom stereocenters. The minimum atomic E-state index is -0.0735. The van der Waals surface area contributed by atoms with Crippen LogP contribution in [0.3, 0.4) is 0 Å². The van der Waals surface area contributed by atoms with Crippen molar-refractivity contribution >= 4 is 40.3 Å². The van der Waals surface area contributed by atoms with Crippen LogP contribution in [0.5, 0.6) is 5.75 Å². The first-order valence-electron chi connectivity index (χ1n) is 12.6. The molecule has 0 spiro atoms. The summed E-state index contributed by atoms with van der Waals surface area (Å²) in [5.41, 5.74) is 4.56. The van der Waals surface area contributed by atoms with Gasteiger partial charge in [-0.15, -0.1) is 0 Å². The number of carbonyl (C=O) groups excluding carboxylic acids is 1. The highest BCUT2D eigenvalue weighted by Gasteiger charge is 2.32. The van der Waals surface area contributed by atoms with Gasteiger partial charge in [-0.1, -0.05) is 68.2 Å². The van der Waals surface area contributed by atoms with Crippen LogP contribution in [-0.2, 0) is 9.53 Å². The lowest BCUT2D eigenvalue weighted by molar-refractivity contribution is -0.122. The number of thioether (sulfide) groups is 1. The fourth-order valence-electron chi connectivity index (χ4n) is 4.00. The van der Waals surface area contributed by atoms with Crippen molar-refractivity contribution < 1.29 is 14.3 Å². The highest BCUT2D eigenvalue weighted by Crippen LogP contribution is 2.37. The Morgan fingerprint density at radius 2 is 1.92 bits per heavy atom. The Hall–Kier alpha value is -2.94. The van der Waals surface area contributed by atoms with E-state index in [9.17, 15) is 4.79 Å². The first-order valence-corrected chi connectivity index (χ1v) is 13.8. The number of thiocarbonyl (C=S) groups is 1. The van der Waals surface area contributed by atoms with E-state index in [1.54, 1.807) is 4.90 Å². The SMILES string of the molecule is CCOCCCN1C(=O)/C(=C/c2cn(-c3ccccc3)nc2-c2cccc(OCC(C)C)c2C)SC1=S. The fourth-order valence-corrected chi connectivity index (χ4v) is 5.30. The number of aromatic nitrogens is 2. The molecule has 194 valence electrons. The van der Waals surface area contributed by atoms with E-state index in [4.69, 9.17) is 26.8 Å². The predicted octanol–water partition coefficient (Wildman–Crippen LogP) is 6.51. The topological polar surface area (TPSA) is 56.6 Å². The number of para-hydroxylation sites is 1. The molecular formula is C29H33N3O3S2. The minimum Gasteiger partial charge on any atom is -0.493 e. The van der Waals surface area contributed by atoms with Crippen molar-refractivity contribution in [2.24, 2.45) is 5.92 Å². The van der Waals surface area contributed by atoms with Gasteiger partial charge >= 0.3 is 0 Å². The van der Waals surface area contributed by atoms with Crippen LogP contribution in [0.25, 0.3) is 23.0 Å². The molecule has 0 atom stereocenters. The molecule has 2 heterocycles. The van der Waals surface area contributed by atoms with Crippen LogP contribution in [0, 0.1) is 12.8 Å². The summed E-state index contributed by atoms with van der Waals surface area (Å²) in [6, 6.07) is 16.0. The van der Waals surface area contributed by atoms with Gasteiger partial charge in [-0.25, -0.2) is 4.68 Å². The Morgan fingerprint density at radius 1 is 1.14 bits per heavy atom. The third-order valence-corrected chi connectivity index (χ3v) is 7.29. The number of nitrogens with zero attached hydrogens (tertiary/aromatic N) is 3. The van der Waals surface area contributed by atoms with Crippen LogP contribution < -0.4 is 4.74 Å². The Bertz CT molecular complexity index is 1280. The van der Waals surface area contributed by atoms with Gasteiger partial charge in [0.15, 0.2) is 0 Å². The molecule has 1 aromatic heterocycles. The molecule has 1 amide bonds. The first-order chi connectivity index (χ1) is 17.9. The maximum atomic E-state index is 13.2. The molecular weight excluding hydrogens is 502 g/mol. The van der Waals surface area contributed by atoms with E-state index in [2.05, 4.69) is 13.8 Å². The largest absolute Gasteiger partial charge is 0.493 e. The molecule has 6 nitrogen and oxygen atoms in total. The third kappa shape index (κ3) is 6.50. The molecule has 0 saturated carbocycles. The summed E-state index contributed by atoms with van der Waals surface area (Å²) in [6.07, 6.45) is 4.62. The molecule has 4 rings (SSSR count). The normalized spacial score (nSPS) is 14.8. The fraction of sp³-hybridized carbons (Fsp3) is 0.345. The molecule has 1 fully saturated rings. The van der Waals surface area contributed by atoms with Gasteiger partial charge in [0, 0.05) is 42.6 Å². The molecule has 0 aliphatic carbocycles. The smallest absolute Gasteiger partial charge is 0.266 e. The van der Waals surface area contributed by atoms with E-state index in [1.165, 1.54) is 11.8 Å². The number of rotatable bonds is 11. The van der Waals surface area contributed by atoms with Crippen LogP contribution >= 0.6 is 24.0 Å². The maximum absolute atomic E-state index is 13.2. The second-order valence-electron chi connectivity index (χ2n) is 9.23. The van der Waals surface area contributed by atoms with Crippen LogP contribution in [-0.4, -0.2) is 51.3 Å². The zero-order valence-corrected chi connectivity index (χ0v) is 23.4. The molecule has 1 aliphatic rings. The van der Waals surface area contributed by atoms with E-state index in [1.807, 2.05) is 79.3 Å². The molecule has 1 aliphatic heterocycles. The van der Waals surface area contributed by atoms with Gasteiger partial charge in [-0.2, -0.15) is 5.10 Å². The predicted molar refractivity (Wildman–Crippen MR) is 155 cm³/mol. The van der Waals surface area contributed by atoms with Gasteiger partial charge in [0.1, 0.15) is 15.8 Å². The highest BCUT2D eigenvalue weighted by molar-refractivity contribution is 8.26. The summed E-state index contributed by atoms with van der Waals surface area (Å²) in [4.78, 5) is 15.5. The molecule has 0 bridgehead atoms. The Balaban J connectivity index is 1.71. The highest BCUT2D eigenvalue weighted by atomic mass is 32.2. The molecule has 2 aromatic carbocycles. The summed E-state index contributed by atoms with van der Waals surface area (Å²) in [5.74, 6) is 1.19. The Labute approximate surface area is 228 Å². The molecule has 1 saturated heterocycles. The first kappa shape index (κ1) is 27.1. The molecule has 0 radical (unpaired) electrons. The van der Waals surface area contributed by atoms with E-state index in [0.29, 0.717) is 41.5 Å². The summed E-state index contributed by atoms with van der Waals surface area (Å²) in [5, 5.41) is 4.96. The quantitative estimate of drug-likeness (QED) is 0.158. The minimum absolute atomic E-state index is 0.0735. The van der Waals surface area contributed by atoms with E-state index in [0.717, 1.165) is 40.2 Å². The van der Waals surface area contributed by atoms with Crippen molar-refractivity contribution in [1.82, 2.24) is 14.7 Å². The average Bonchev–Trinajstić information content (AvgIpc) is 3.42. The molecule has 37 heavy (non-hydrogen) atoms. The average molecular weight is 536 g/mol. The van der Waals surface area contributed by atoms with Gasteiger partial charge in [0.05, 0.1) is 17.2 Å². The van der Waals surface area contributed by atoms with Crippen molar-refractivity contribution in [2.75, 3.05) is 26.4 Å². The second-order valence-corrected chi connectivity index (χ2v) is 10.9. The summed E-state index contributed by atoms with van der Waals surface area (Å²) < 4.78 is 13.9. The van der Waals surface area contributed by atoms with Crippen molar-refractivity contribution in [3.8, 4) is 22.7 Å². The Morgan fingerprint density at radius 3 is 2.65 bits per heavy atom. The lowest BCUT2D eigenvalue weighted by Crippen LogP contribution is -2.29. The van der Waals surface area contributed by atoms with Crippen LogP contribution in [0.1, 0.15) is 38.3 Å². The number of hydrogen-bond acceptors (Lipinski definition) is 6. The van der Waals surface area contributed by atoms with Crippen molar-refractivity contribution in [2.45, 2.75) is 34.1 Å². The van der Waals surface area contributed by atoms with E-state index in [-0.39, 0.29) is 5.91 Å². The lowest BCUT2D eigenvalue weighted by Gasteiger charge is -2.14. The third-order valence-electron chi connectivity index (χ3n) is 5.91. The summed E-state index contributed by atoms with van der Waals surface area (Å²) >= 11 is 6.87.